The van der Waals surface area contributed by atoms with Crippen molar-refractivity contribution in [2.24, 2.45) is 0 Å². The van der Waals surface area contributed by atoms with Crippen molar-refractivity contribution < 1.29 is 5.11 Å². The van der Waals surface area contributed by atoms with E-state index in [1.807, 2.05) is 6.08 Å². The van der Waals surface area contributed by atoms with Crippen molar-refractivity contribution >= 4 is 58.6 Å². The molecule has 1 aliphatic carbocycles. The van der Waals surface area contributed by atoms with Crippen LogP contribution in [0.5, 0.6) is 5.75 Å². The minimum Gasteiger partial charge on any atom is -0.506 e. The zero-order valence-corrected chi connectivity index (χ0v) is 13.4. The van der Waals surface area contributed by atoms with Gasteiger partial charge in [-0.15, -0.1) is 22.9 Å². The van der Waals surface area contributed by atoms with Gasteiger partial charge < -0.3 is 10.4 Å². The van der Waals surface area contributed by atoms with Crippen LogP contribution in [0, 0.1) is 0 Å². The number of aromatic nitrogens is 1. The second kappa shape index (κ2) is 6.12. The molecule has 0 amide bonds. The highest BCUT2D eigenvalue weighted by molar-refractivity contribution is 7.07. The molecule has 2 N–H and O–H groups in total. The van der Waals surface area contributed by atoms with E-state index in [4.69, 9.17) is 23.2 Å². The number of phenols is 1. The summed E-state index contributed by atoms with van der Waals surface area (Å²) in [5.74, 6) is 0.0411. The normalized spacial score (nSPS) is 17.0. The number of benzene rings is 1. The lowest BCUT2D eigenvalue weighted by molar-refractivity contribution is 0.478. The number of alkyl halides is 1. The fraction of sp³-hybridized carbons (Fsp3) is 0.0667. The Kier molecular flexibility index (Phi) is 4.20. The number of anilines is 1. The molecule has 1 aromatic heterocycles. The maximum Gasteiger partial charge on any atom is 0.289 e. The molecule has 4 nitrogen and oxygen atoms in total. The topological polar surface area (TPSA) is 62.2 Å². The number of hydrogen-bond donors (Lipinski definition) is 2. The zero-order valence-electron chi connectivity index (χ0n) is 11.1. The lowest BCUT2D eigenvalue weighted by atomic mass is 10.2. The second-order valence-corrected chi connectivity index (χ2v) is 6.58. The van der Waals surface area contributed by atoms with Crippen LogP contribution in [-0.4, -0.2) is 15.5 Å². The molecule has 0 saturated heterocycles. The Morgan fingerprint density at radius 3 is 3.05 bits per heavy atom. The van der Waals surface area contributed by atoms with Gasteiger partial charge in [0.15, 0.2) is 0 Å². The van der Waals surface area contributed by atoms with Crippen LogP contribution in [0.2, 0.25) is 5.02 Å². The van der Waals surface area contributed by atoms with E-state index in [-0.39, 0.29) is 16.7 Å². The van der Waals surface area contributed by atoms with E-state index in [1.165, 1.54) is 23.6 Å². The van der Waals surface area contributed by atoms with Crippen molar-refractivity contribution in [3.05, 3.63) is 54.4 Å². The monoisotopic (exact) mass is 352 g/mol. The number of nitrogens with one attached hydrogen (secondary N) is 1. The number of fused-ring (bicyclic) bond motifs is 1. The average Bonchev–Trinajstić information content (AvgIpc) is 2.48. The molecule has 0 radical (unpaired) electrons. The second-order valence-electron chi connectivity index (χ2n) is 4.55. The van der Waals surface area contributed by atoms with Crippen LogP contribution in [0.15, 0.2) is 29.1 Å². The number of rotatable bonds is 2. The van der Waals surface area contributed by atoms with Crippen molar-refractivity contribution in [3.63, 3.8) is 0 Å². The van der Waals surface area contributed by atoms with E-state index in [0.717, 1.165) is 4.53 Å². The molecule has 1 aromatic carbocycles. The molecule has 0 aliphatic heterocycles. The van der Waals surface area contributed by atoms with Crippen LogP contribution in [0.25, 0.3) is 18.4 Å². The fourth-order valence-corrected chi connectivity index (χ4v) is 3.28. The third-order valence-electron chi connectivity index (χ3n) is 2.97. The summed E-state index contributed by atoms with van der Waals surface area (Å²) in [5.41, 5.74) is 0.689. The standard InChI is InChI=1S/C15H10Cl2N2O2S/c16-8-2-4-12(20)11(5-8)18-7-14-15(21)19-10-3-1-9(17)6-13(10)22-14/h1-7,9,18,20H/b14-7+. The van der Waals surface area contributed by atoms with Gasteiger partial charge in [-0.05, 0) is 30.4 Å². The van der Waals surface area contributed by atoms with Crippen molar-refractivity contribution in [3.8, 4) is 5.75 Å². The Bertz CT molecular complexity index is 938. The van der Waals surface area contributed by atoms with E-state index in [9.17, 15) is 9.90 Å². The van der Waals surface area contributed by atoms with Crippen molar-refractivity contribution in [2.45, 2.75) is 5.38 Å². The maximum absolute atomic E-state index is 12.0. The van der Waals surface area contributed by atoms with Crippen LogP contribution in [0.4, 0.5) is 5.69 Å². The summed E-state index contributed by atoms with van der Waals surface area (Å²) < 4.78 is 1.25. The number of halogens is 2. The molecule has 112 valence electrons. The third-order valence-corrected chi connectivity index (χ3v) is 4.56. The minimum absolute atomic E-state index is 0.0411. The van der Waals surface area contributed by atoms with E-state index >= 15 is 0 Å². The first-order valence-electron chi connectivity index (χ1n) is 6.33. The zero-order chi connectivity index (χ0) is 15.7. The van der Waals surface area contributed by atoms with Gasteiger partial charge in [-0.2, -0.15) is 0 Å². The molecule has 0 fully saturated rings. The molecule has 0 spiro atoms. The third kappa shape index (κ3) is 3.16. The number of hydrogen-bond acceptors (Lipinski definition) is 5. The van der Waals surface area contributed by atoms with Gasteiger partial charge in [0.1, 0.15) is 10.3 Å². The first-order valence-corrected chi connectivity index (χ1v) is 7.96. The van der Waals surface area contributed by atoms with Gasteiger partial charge in [-0.25, -0.2) is 4.98 Å². The van der Waals surface area contributed by atoms with Crippen LogP contribution in [0.3, 0.4) is 0 Å². The molecule has 2 aromatic rings. The van der Waals surface area contributed by atoms with Gasteiger partial charge in [-0.1, -0.05) is 17.7 Å². The Labute approximate surface area is 139 Å². The number of nitrogens with zero attached hydrogens (tertiary/aromatic N) is 1. The maximum atomic E-state index is 12.0. The van der Waals surface area contributed by atoms with Crippen LogP contribution in [-0.2, 0) is 0 Å². The van der Waals surface area contributed by atoms with Gasteiger partial charge in [-0.3, -0.25) is 4.79 Å². The Morgan fingerprint density at radius 2 is 2.23 bits per heavy atom. The van der Waals surface area contributed by atoms with Crippen molar-refractivity contribution in [1.82, 2.24) is 4.98 Å². The summed E-state index contributed by atoms with van der Waals surface area (Å²) in [4.78, 5) is 16.0. The molecular formula is C15H10Cl2N2O2S. The summed E-state index contributed by atoms with van der Waals surface area (Å²) in [6.45, 7) is 0. The molecule has 1 unspecified atom stereocenters. The van der Waals surface area contributed by atoms with Crippen LogP contribution < -0.4 is 19.9 Å². The van der Waals surface area contributed by atoms with Gasteiger partial charge in [0.05, 0.1) is 21.3 Å². The van der Waals surface area contributed by atoms with E-state index in [0.29, 0.717) is 20.9 Å². The van der Waals surface area contributed by atoms with Gasteiger partial charge in [0.25, 0.3) is 5.56 Å². The Balaban J connectivity index is 2.04. The number of aromatic hydroxyl groups is 1. The predicted octanol–water partition coefficient (Wildman–Crippen LogP) is 2.13. The molecule has 7 heteroatoms. The number of phenolic OH excluding ortho intramolecular Hbond substituents is 1. The molecule has 1 heterocycles. The van der Waals surface area contributed by atoms with Gasteiger partial charge in [0.2, 0.25) is 0 Å². The smallest absolute Gasteiger partial charge is 0.289 e. The lowest BCUT2D eigenvalue weighted by Gasteiger charge is -2.05. The highest BCUT2D eigenvalue weighted by Gasteiger charge is 2.07. The molecule has 1 aliphatic rings. The Hall–Kier alpha value is -1.82. The fourth-order valence-electron chi connectivity index (χ4n) is 1.91. The lowest BCUT2D eigenvalue weighted by Crippen LogP contribution is -2.32. The highest BCUT2D eigenvalue weighted by Crippen LogP contribution is 2.26. The van der Waals surface area contributed by atoms with Gasteiger partial charge >= 0.3 is 0 Å². The first kappa shape index (κ1) is 15.1. The summed E-state index contributed by atoms with van der Waals surface area (Å²) in [5, 5.41) is 12.9. The predicted molar refractivity (Wildman–Crippen MR) is 92.0 cm³/mol. The van der Waals surface area contributed by atoms with E-state index < -0.39 is 0 Å². The summed E-state index contributed by atoms with van der Waals surface area (Å²) in [7, 11) is 0. The number of allylic oxidation sites excluding steroid dienone is 1. The first-order chi connectivity index (χ1) is 10.5. The van der Waals surface area contributed by atoms with E-state index in [2.05, 4.69) is 10.3 Å². The quantitative estimate of drug-likeness (QED) is 0.641. The summed E-state index contributed by atoms with van der Waals surface area (Å²) in [6, 6.07) is 4.62. The largest absolute Gasteiger partial charge is 0.506 e. The molecule has 3 rings (SSSR count). The molecule has 22 heavy (non-hydrogen) atoms. The average molecular weight is 353 g/mol. The van der Waals surface area contributed by atoms with E-state index in [1.54, 1.807) is 24.3 Å². The van der Waals surface area contributed by atoms with Crippen LogP contribution in [0.1, 0.15) is 5.69 Å². The Morgan fingerprint density at radius 1 is 1.41 bits per heavy atom. The van der Waals surface area contributed by atoms with Crippen molar-refractivity contribution in [1.29, 1.82) is 0 Å². The minimum atomic E-state index is -0.344. The molecule has 0 bridgehead atoms. The summed E-state index contributed by atoms with van der Waals surface area (Å²) >= 11 is 13.2. The van der Waals surface area contributed by atoms with Gasteiger partial charge in [0, 0.05) is 11.2 Å². The van der Waals surface area contributed by atoms with Crippen LogP contribution >= 0.6 is 34.5 Å². The SMILES string of the molecule is O=c1nc2c(s/c1=C/Nc1cc(Cl)ccc1O)=CC(Cl)C=C2. The van der Waals surface area contributed by atoms with Crippen molar-refractivity contribution in [2.75, 3.05) is 5.32 Å². The summed E-state index contributed by atoms with van der Waals surface area (Å²) in [6.07, 6.45) is 6.85. The molecule has 0 saturated carbocycles. The molecular weight excluding hydrogens is 343 g/mol. The molecule has 1 atom stereocenters. The highest BCUT2D eigenvalue weighted by atomic mass is 35.5.